The Morgan fingerprint density at radius 2 is 1.64 bits per heavy atom. The Hall–Kier alpha value is -2.96. The van der Waals surface area contributed by atoms with Crippen LogP contribution < -0.4 is 5.32 Å². The lowest BCUT2D eigenvalue weighted by Crippen LogP contribution is -2.38. The third-order valence-corrected chi connectivity index (χ3v) is 4.49. The van der Waals surface area contributed by atoms with Crippen molar-refractivity contribution < 1.29 is 23.9 Å². The third-order valence-electron chi connectivity index (χ3n) is 4.49. The maximum Gasteiger partial charge on any atom is 0.337 e. The van der Waals surface area contributed by atoms with Crippen LogP contribution in [0, 0.1) is 11.8 Å². The number of imide groups is 1. The molecule has 0 spiro atoms. The number of methoxy groups -OCH3 is 1. The fourth-order valence-corrected chi connectivity index (χ4v) is 3.18. The van der Waals surface area contributed by atoms with Gasteiger partial charge in [-0.1, -0.05) is 12.2 Å². The molecule has 1 aromatic rings. The molecule has 130 valence electrons. The van der Waals surface area contributed by atoms with Crippen LogP contribution in [0.2, 0.25) is 0 Å². The number of anilines is 1. The van der Waals surface area contributed by atoms with Crippen LogP contribution in [0.4, 0.5) is 5.69 Å². The zero-order chi connectivity index (χ0) is 18.0. The molecule has 0 unspecified atom stereocenters. The van der Waals surface area contributed by atoms with Gasteiger partial charge in [-0.15, -0.1) is 0 Å². The second kappa shape index (κ2) is 6.88. The number of amides is 3. The lowest BCUT2D eigenvalue weighted by Gasteiger charge is -2.14. The van der Waals surface area contributed by atoms with Gasteiger partial charge in [0, 0.05) is 5.69 Å². The van der Waals surface area contributed by atoms with E-state index in [1.165, 1.54) is 19.2 Å². The molecule has 2 aliphatic rings. The van der Waals surface area contributed by atoms with Crippen LogP contribution in [0.25, 0.3) is 0 Å². The summed E-state index contributed by atoms with van der Waals surface area (Å²) in [5.41, 5.74) is 0.831. The maximum atomic E-state index is 12.3. The van der Waals surface area contributed by atoms with Crippen molar-refractivity contribution in [1.82, 2.24) is 4.90 Å². The summed E-state index contributed by atoms with van der Waals surface area (Å²) in [4.78, 5) is 49.3. The summed E-state index contributed by atoms with van der Waals surface area (Å²) < 4.78 is 4.60. The molecule has 1 heterocycles. The molecule has 1 saturated heterocycles. The van der Waals surface area contributed by atoms with Crippen molar-refractivity contribution in [1.29, 1.82) is 0 Å². The number of esters is 1. The molecule has 2 atom stereocenters. The van der Waals surface area contributed by atoms with Crippen LogP contribution in [-0.4, -0.2) is 42.2 Å². The number of likely N-dealkylation sites (tertiary alicyclic amines) is 1. The molecule has 1 N–H and O–H groups in total. The van der Waals surface area contributed by atoms with E-state index in [0.717, 1.165) is 4.90 Å². The van der Waals surface area contributed by atoms with E-state index in [1.54, 1.807) is 12.1 Å². The first-order valence-corrected chi connectivity index (χ1v) is 7.99. The first-order chi connectivity index (χ1) is 12.0. The molecule has 7 heteroatoms. The van der Waals surface area contributed by atoms with E-state index in [2.05, 4.69) is 10.1 Å². The minimum absolute atomic E-state index is 0.282. The van der Waals surface area contributed by atoms with Gasteiger partial charge in [-0.05, 0) is 37.1 Å². The minimum Gasteiger partial charge on any atom is -0.465 e. The molecule has 0 saturated carbocycles. The molecule has 0 radical (unpaired) electrons. The third kappa shape index (κ3) is 3.31. The Morgan fingerprint density at radius 3 is 2.16 bits per heavy atom. The number of hydrogen-bond donors (Lipinski definition) is 1. The highest BCUT2D eigenvalue weighted by atomic mass is 16.5. The fraction of sp³-hybridized carbons (Fsp3) is 0.333. The molecule has 1 aromatic carbocycles. The second-order valence-electron chi connectivity index (χ2n) is 6.04. The van der Waals surface area contributed by atoms with Gasteiger partial charge in [-0.2, -0.15) is 0 Å². The molecule has 1 aliphatic carbocycles. The second-order valence-corrected chi connectivity index (χ2v) is 6.04. The lowest BCUT2D eigenvalue weighted by atomic mass is 9.85. The minimum atomic E-state index is -0.470. The zero-order valence-corrected chi connectivity index (χ0v) is 13.7. The largest absolute Gasteiger partial charge is 0.465 e. The van der Waals surface area contributed by atoms with Crippen molar-refractivity contribution in [2.45, 2.75) is 12.8 Å². The molecule has 1 fully saturated rings. The maximum absolute atomic E-state index is 12.3. The summed E-state index contributed by atoms with van der Waals surface area (Å²) in [7, 11) is 1.29. The summed E-state index contributed by atoms with van der Waals surface area (Å²) in [5.74, 6) is -2.18. The van der Waals surface area contributed by atoms with E-state index in [9.17, 15) is 19.2 Å². The molecule has 1 aliphatic heterocycles. The first kappa shape index (κ1) is 16.9. The Morgan fingerprint density at radius 1 is 1.08 bits per heavy atom. The average Bonchev–Trinajstić information content (AvgIpc) is 2.87. The molecular weight excluding hydrogens is 324 g/mol. The van der Waals surface area contributed by atoms with Crippen LogP contribution in [0.3, 0.4) is 0 Å². The van der Waals surface area contributed by atoms with Gasteiger partial charge in [-0.25, -0.2) is 4.79 Å². The quantitative estimate of drug-likeness (QED) is 0.507. The monoisotopic (exact) mass is 342 g/mol. The topological polar surface area (TPSA) is 92.8 Å². The smallest absolute Gasteiger partial charge is 0.337 e. The fourth-order valence-electron chi connectivity index (χ4n) is 3.18. The summed E-state index contributed by atoms with van der Waals surface area (Å²) >= 11 is 0. The predicted molar refractivity (Wildman–Crippen MR) is 88.5 cm³/mol. The molecule has 25 heavy (non-hydrogen) atoms. The van der Waals surface area contributed by atoms with Crippen molar-refractivity contribution >= 4 is 29.4 Å². The number of carbonyl (C=O) groups excluding carboxylic acids is 4. The Bertz CT molecular complexity index is 727. The summed E-state index contributed by atoms with van der Waals surface area (Å²) in [5, 5.41) is 2.62. The van der Waals surface area contributed by atoms with Crippen LogP contribution in [0.15, 0.2) is 36.4 Å². The number of rotatable bonds is 4. The first-order valence-electron chi connectivity index (χ1n) is 7.99. The van der Waals surface area contributed by atoms with Crippen LogP contribution in [0.5, 0.6) is 0 Å². The Balaban J connectivity index is 1.62. The van der Waals surface area contributed by atoms with E-state index in [-0.39, 0.29) is 30.2 Å². The van der Waals surface area contributed by atoms with E-state index in [1.807, 2.05) is 12.2 Å². The van der Waals surface area contributed by atoms with Gasteiger partial charge in [0.25, 0.3) is 0 Å². The summed E-state index contributed by atoms with van der Waals surface area (Å²) in [6.07, 6.45) is 4.89. The number of benzene rings is 1. The van der Waals surface area contributed by atoms with E-state index >= 15 is 0 Å². The van der Waals surface area contributed by atoms with Crippen molar-refractivity contribution in [3.63, 3.8) is 0 Å². The summed E-state index contributed by atoms with van der Waals surface area (Å²) in [6, 6.07) is 6.16. The number of ether oxygens (including phenoxy) is 1. The molecule has 7 nitrogen and oxygen atoms in total. The number of hydrogen-bond acceptors (Lipinski definition) is 5. The normalized spacial score (nSPS) is 21.9. The highest BCUT2D eigenvalue weighted by molar-refractivity contribution is 6.08. The van der Waals surface area contributed by atoms with Crippen LogP contribution in [-0.2, 0) is 19.1 Å². The van der Waals surface area contributed by atoms with Gasteiger partial charge in [0.1, 0.15) is 6.54 Å². The van der Waals surface area contributed by atoms with E-state index < -0.39 is 11.9 Å². The zero-order valence-electron chi connectivity index (χ0n) is 13.7. The van der Waals surface area contributed by atoms with Gasteiger partial charge >= 0.3 is 5.97 Å². The van der Waals surface area contributed by atoms with E-state index in [4.69, 9.17) is 0 Å². The average molecular weight is 342 g/mol. The standard InChI is InChI=1S/C18H18N2O5/c1-25-18(24)11-6-8-12(9-7-11)19-15(21)10-20-16(22)13-4-2-3-5-14(13)17(20)23/h2-3,6-9,13-14H,4-5,10H2,1H3,(H,19,21)/t13-,14+. The molecule has 3 rings (SSSR count). The number of carbonyl (C=O) groups is 4. The molecular formula is C18H18N2O5. The Labute approximate surface area is 144 Å². The van der Waals surface area contributed by atoms with Gasteiger partial charge in [0.05, 0.1) is 24.5 Å². The van der Waals surface area contributed by atoms with Crippen molar-refractivity contribution in [2.75, 3.05) is 19.0 Å². The van der Waals surface area contributed by atoms with Crippen molar-refractivity contribution in [3.8, 4) is 0 Å². The molecule has 0 bridgehead atoms. The number of fused-ring (bicyclic) bond motifs is 1. The number of nitrogens with one attached hydrogen (secondary N) is 1. The summed E-state index contributed by atoms with van der Waals surface area (Å²) in [6.45, 7) is -0.302. The molecule has 0 aromatic heterocycles. The van der Waals surface area contributed by atoms with Gasteiger partial charge in [0.2, 0.25) is 17.7 Å². The number of allylic oxidation sites excluding steroid dienone is 2. The highest BCUT2D eigenvalue weighted by Gasteiger charge is 2.47. The molecule has 3 amide bonds. The number of nitrogens with zero attached hydrogens (tertiary/aromatic N) is 1. The van der Waals surface area contributed by atoms with Gasteiger partial charge < -0.3 is 10.1 Å². The lowest BCUT2D eigenvalue weighted by molar-refractivity contribution is -0.142. The van der Waals surface area contributed by atoms with Crippen LogP contribution in [0.1, 0.15) is 23.2 Å². The van der Waals surface area contributed by atoms with Gasteiger partial charge in [0.15, 0.2) is 0 Å². The van der Waals surface area contributed by atoms with Gasteiger partial charge in [-0.3, -0.25) is 19.3 Å². The van der Waals surface area contributed by atoms with Crippen molar-refractivity contribution in [3.05, 3.63) is 42.0 Å². The SMILES string of the molecule is COC(=O)c1ccc(NC(=O)CN2C(=O)[C@H]3CC=CC[C@H]3C2=O)cc1. The van der Waals surface area contributed by atoms with Crippen LogP contribution >= 0.6 is 0 Å². The predicted octanol–water partition coefficient (Wildman–Crippen LogP) is 1.36. The Kier molecular flexibility index (Phi) is 4.65. The van der Waals surface area contributed by atoms with E-state index in [0.29, 0.717) is 24.1 Å². The van der Waals surface area contributed by atoms with Crippen molar-refractivity contribution in [2.24, 2.45) is 11.8 Å². The highest BCUT2D eigenvalue weighted by Crippen LogP contribution is 2.34.